The van der Waals surface area contributed by atoms with E-state index in [2.05, 4.69) is 36.3 Å². The van der Waals surface area contributed by atoms with Gasteiger partial charge in [-0.25, -0.2) is 0 Å². The average Bonchev–Trinajstić information content (AvgIpc) is 2.45. The third-order valence-corrected chi connectivity index (χ3v) is 4.33. The number of methoxy groups -OCH3 is 1. The van der Waals surface area contributed by atoms with E-state index in [0.717, 1.165) is 25.6 Å². The zero-order valence-electron chi connectivity index (χ0n) is 14.2. The van der Waals surface area contributed by atoms with E-state index in [1.54, 1.807) is 7.11 Å². The molecular weight excluding hydrogens is 266 g/mol. The maximum absolute atomic E-state index is 11.8. The topological polar surface area (TPSA) is 53.6 Å². The van der Waals surface area contributed by atoms with Crippen LogP contribution < -0.4 is 10.6 Å². The van der Waals surface area contributed by atoms with E-state index in [9.17, 15) is 4.79 Å². The highest BCUT2D eigenvalue weighted by Crippen LogP contribution is 2.20. The highest BCUT2D eigenvalue weighted by molar-refractivity contribution is 5.78. The molecule has 0 radical (unpaired) electrons. The van der Waals surface area contributed by atoms with Gasteiger partial charge >= 0.3 is 0 Å². The molecule has 1 saturated heterocycles. The number of hydrogen-bond donors (Lipinski definition) is 2. The zero-order valence-corrected chi connectivity index (χ0v) is 14.2. The molecule has 0 aromatic carbocycles. The zero-order chi connectivity index (χ0) is 15.7. The monoisotopic (exact) mass is 299 g/mol. The minimum atomic E-state index is 0.0714. The minimum absolute atomic E-state index is 0.0714. The molecule has 5 nitrogen and oxygen atoms in total. The van der Waals surface area contributed by atoms with Gasteiger partial charge in [-0.15, -0.1) is 0 Å². The van der Waals surface area contributed by atoms with Crippen molar-refractivity contribution in [2.45, 2.75) is 39.7 Å². The Bertz CT molecular complexity index is 289. The van der Waals surface area contributed by atoms with E-state index in [1.807, 2.05) is 0 Å². The van der Waals surface area contributed by atoms with Crippen LogP contribution in [0.2, 0.25) is 0 Å². The number of likely N-dealkylation sites (tertiary alicyclic amines) is 1. The van der Waals surface area contributed by atoms with Gasteiger partial charge in [0, 0.05) is 26.2 Å². The van der Waals surface area contributed by atoms with Gasteiger partial charge in [0.2, 0.25) is 5.91 Å². The van der Waals surface area contributed by atoms with Crippen LogP contribution in [0, 0.1) is 11.8 Å². The molecular formula is C16H33N3O2. The second-order valence-electron chi connectivity index (χ2n) is 6.50. The maximum Gasteiger partial charge on any atom is 0.234 e. The highest BCUT2D eigenvalue weighted by Gasteiger charge is 2.25. The Hall–Kier alpha value is -0.650. The fraction of sp³-hybridized carbons (Fsp3) is 0.938. The molecule has 1 heterocycles. The number of amides is 1. The van der Waals surface area contributed by atoms with E-state index in [1.165, 1.54) is 12.8 Å². The van der Waals surface area contributed by atoms with Gasteiger partial charge in [0.25, 0.3) is 0 Å². The smallest absolute Gasteiger partial charge is 0.234 e. The van der Waals surface area contributed by atoms with Gasteiger partial charge in [0.15, 0.2) is 0 Å². The standard InChI is InChI=1S/C16H33N3O2/c1-13(2)15(19-8-5-14(3)6-9-19)11-18-16(20)12-17-7-10-21-4/h13-15,17H,5-12H2,1-4H3,(H,18,20). The maximum atomic E-state index is 11.8. The number of ether oxygens (including phenoxy) is 1. The molecule has 1 aliphatic rings. The van der Waals surface area contributed by atoms with Crippen LogP contribution in [-0.2, 0) is 9.53 Å². The molecule has 1 amide bonds. The summed E-state index contributed by atoms with van der Waals surface area (Å²) in [6, 6.07) is 0.445. The van der Waals surface area contributed by atoms with Crippen molar-refractivity contribution in [1.29, 1.82) is 0 Å². The van der Waals surface area contributed by atoms with E-state index in [-0.39, 0.29) is 5.91 Å². The molecule has 0 aromatic heterocycles. The SMILES string of the molecule is COCCNCC(=O)NCC(C(C)C)N1CCC(C)CC1. The molecule has 5 heteroatoms. The Morgan fingerprint density at radius 1 is 1.33 bits per heavy atom. The number of rotatable bonds is 9. The summed E-state index contributed by atoms with van der Waals surface area (Å²) in [7, 11) is 1.66. The van der Waals surface area contributed by atoms with Gasteiger partial charge in [-0.3, -0.25) is 9.69 Å². The lowest BCUT2D eigenvalue weighted by atomic mass is 9.94. The Balaban J connectivity index is 2.29. The van der Waals surface area contributed by atoms with E-state index >= 15 is 0 Å². The first-order valence-corrected chi connectivity index (χ1v) is 8.25. The molecule has 2 N–H and O–H groups in total. The fourth-order valence-electron chi connectivity index (χ4n) is 2.80. The molecule has 1 rings (SSSR count). The van der Waals surface area contributed by atoms with E-state index in [4.69, 9.17) is 4.74 Å². The van der Waals surface area contributed by atoms with Crippen molar-refractivity contribution in [3.05, 3.63) is 0 Å². The molecule has 21 heavy (non-hydrogen) atoms. The van der Waals surface area contributed by atoms with Crippen LogP contribution in [0.1, 0.15) is 33.6 Å². The molecule has 124 valence electrons. The first kappa shape index (κ1) is 18.4. The summed E-state index contributed by atoms with van der Waals surface area (Å²) < 4.78 is 4.94. The van der Waals surface area contributed by atoms with Gasteiger partial charge in [0.05, 0.1) is 13.2 Å². The summed E-state index contributed by atoms with van der Waals surface area (Å²) in [5, 5.41) is 6.14. The van der Waals surface area contributed by atoms with Crippen LogP contribution in [0.25, 0.3) is 0 Å². The number of nitrogens with one attached hydrogen (secondary N) is 2. The molecule has 1 unspecified atom stereocenters. The molecule has 1 aliphatic heterocycles. The summed E-state index contributed by atoms with van der Waals surface area (Å²) in [6.07, 6.45) is 2.55. The number of hydrogen-bond acceptors (Lipinski definition) is 4. The minimum Gasteiger partial charge on any atom is -0.383 e. The van der Waals surface area contributed by atoms with Crippen molar-refractivity contribution in [2.75, 3.05) is 46.4 Å². The first-order chi connectivity index (χ1) is 10.0. The molecule has 0 aliphatic carbocycles. The predicted molar refractivity (Wildman–Crippen MR) is 86.4 cm³/mol. The third-order valence-electron chi connectivity index (χ3n) is 4.33. The normalized spacial score (nSPS) is 18.9. The predicted octanol–water partition coefficient (Wildman–Crippen LogP) is 1.10. The number of carbonyl (C=O) groups excluding carboxylic acids is 1. The molecule has 0 saturated carbocycles. The summed E-state index contributed by atoms with van der Waals surface area (Å²) in [4.78, 5) is 14.4. The lowest BCUT2D eigenvalue weighted by molar-refractivity contribution is -0.120. The third kappa shape index (κ3) is 7.25. The van der Waals surface area contributed by atoms with Crippen LogP contribution in [-0.4, -0.2) is 63.3 Å². The highest BCUT2D eigenvalue weighted by atomic mass is 16.5. The van der Waals surface area contributed by atoms with Crippen molar-refractivity contribution in [3.8, 4) is 0 Å². The fourth-order valence-corrected chi connectivity index (χ4v) is 2.80. The molecule has 0 spiro atoms. The van der Waals surface area contributed by atoms with Gasteiger partial charge < -0.3 is 15.4 Å². The second kappa shape index (κ2) is 10.1. The Kier molecular flexibility index (Phi) is 8.88. The molecule has 1 fully saturated rings. The summed E-state index contributed by atoms with van der Waals surface area (Å²) in [5.74, 6) is 1.47. The largest absolute Gasteiger partial charge is 0.383 e. The average molecular weight is 299 g/mol. The number of nitrogens with zero attached hydrogens (tertiary/aromatic N) is 1. The molecule has 0 aromatic rings. The quantitative estimate of drug-likeness (QED) is 0.626. The van der Waals surface area contributed by atoms with Crippen LogP contribution in [0.3, 0.4) is 0 Å². The summed E-state index contributed by atoms with van der Waals surface area (Å²) in [5.41, 5.74) is 0. The molecule has 0 bridgehead atoms. The van der Waals surface area contributed by atoms with E-state index in [0.29, 0.717) is 31.7 Å². The van der Waals surface area contributed by atoms with Crippen molar-refractivity contribution in [2.24, 2.45) is 11.8 Å². The van der Waals surface area contributed by atoms with Crippen molar-refractivity contribution in [1.82, 2.24) is 15.5 Å². The summed E-state index contributed by atoms with van der Waals surface area (Å²) in [6.45, 7) is 11.6. The number of piperidine rings is 1. The Labute approximate surface area is 129 Å². The number of carbonyl (C=O) groups is 1. The van der Waals surface area contributed by atoms with Gasteiger partial charge in [-0.1, -0.05) is 20.8 Å². The Morgan fingerprint density at radius 3 is 2.57 bits per heavy atom. The van der Waals surface area contributed by atoms with Crippen LogP contribution in [0.5, 0.6) is 0 Å². The second-order valence-corrected chi connectivity index (χ2v) is 6.50. The van der Waals surface area contributed by atoms with Crippen LogP contribution in [0.4, 0.5) is 0 Å². The summed E-state index contributed by atoms with van der Waals surface area (Å²) >= 11 is 0. The Morgan fingerprint density at radius 2 is 2.00 bits per heavy atom. The van der Waals surface area contributed by atoms with E-state index < -0.39 is 0 Å². The van der Waals surface area contributed by atoms with Gasteiger partial charge in [0.1, 0.15) is 0 Å². The molecule has 1 atom stereocenters. The van der Waals surface area contributed by atoms with Gasteiger partial charge in [-0.05, 0) is 37.8 Å². The van der Waals surface area contributed by atoms with Crippen LogP contribution >= 0.6 is 0 Å². The van der Waals surface area contributed by atoms with Crippen molar-refractivity contribution < 1.29 is 9.53 Å². The van der Waals surface area contributed by atoms with Crippen molar-refractivity contribution >= 4 is 5.91 Å². The van der Waals surface area contributed by atoms with Crippen molar-refractivity contribution in [3.63, 3.8) is 0 Å². The van der Waals surface area contributed by atoms with Crippen LogP contribution in [0.15, 0.2) is 0 Å². The lowest BCUT2D eigenvalue weighted by Crippen LogP contribution is -2.50. The van der Waals surface area contributed by atoms with Gasteiger partial charge in [-0.2, -0.15) is 0 Å². The first-order valence-electron chi connectivity index (χ1n) is 8.25. The lowest BCUT2D eigenvalue weighted by Gasteiger charge is -2.38.